The zero-order chi connectivity index (χ0) is 16.9. The molecule has 0 saturated carbocycles. The van der Waals surface area contributed by atoms with Crippen molar-refractivity contribution in [3.05, 3.63) is 70.2 Å². The van der Waals surface area contributed by atoms with E-state index in [2.05, 4.69) is 69.8 Å². The molecule has 0 aromatic heterocycles. The van der Waals surface area contributed by atoms with Gasteiger partial charge in [0.25, 0.3) is 0 Å². The Bertz CT molecular complexity index is 534. The van der Waals surface area contributed by atoms with E-state index in [1.807, 2.05) is 6.07 Å². The molecule has 0 amide bonds. The van der Waals surface area contributed by atoms with E-state index < -0.39 is 0 Å². The maximum Gasteiger partial charge on any atom is 0.0555 e. The Balaban J connectivity index is 0.00000127. The van der Waals surface area contributed by atoms with Crippen LogP contribution in [0.25, 0.3) is 0 Å². The third kappa shape index (κ3) is 7.27. The number of halogens is 1. The molecule has 4 heteroatoms. The van der Waals surface area contributed by atoms with Crippen molar-refractivity contribution < 1.29 is 10.2 Å². The first kappa shape index (κ1) is 19.8. The van der Waals surface area contributed by atoms with Crippen molar-refractivity contribution in [2.24, 2.45) is 0 Å². The molecule has 126 valence electrons. The van der Waals surface area contributed by atoms with Gasteiger partial charge in [-0.2, -0.15) is 0 Å². The van der Waals surface area contributed by atoms with Gasteiger partial charge in [0.1, 0.15) is 0 Å². The smallest absolute Gasteiger partial charge is 0.0555 e. The summed E-state index contributed by atoms with van der Waals surface area (Å²) in [6.07, 6.45) is 2.08. The highest BCUT2D eigenvalue weighted by molar-refractivity contribution is 9.10. The van der Waals surface area contributed by atoms with Gasteiger partial charge < -0.3 is 15.5 Å². The molecule has 3 nitrogen and oxygen atoms in total. The van der Waals surface area contributed by atoms with Crippen LogP contribution in [0.4, 0.5) is 0 Å². The normalized spacial score (nSPS) is 11.5. The predicted molar refractivity (Wildman–Crippen MR) is 99.7 cm³/mol. The number of aliphatic hydroxyl groups excluding tert-OH is 2. The molecule has 3 N–H and O–H groups in total. The largest absolute Gasteiger partial charge is 0.400 e. The number of hydrogen-bond acceptors (Lipinski definition) is 3. The molecule has 0 saturated heterocycles. The summed E-state index contributed by atoms with van der Waals surface area (Å²) in [5.41, 5.74) is 2.72. The van der Waals surface area contributed by atoms with E-state index in [9.17, 15) is 0 Å². The van der Waals surface area contributed by atoms with Gasteiger partial charge in [-0.3, -0.25) is 0 Å². The highest BCUT2D eigenvalue weighted by Gasteiger charge is 2.13. The van der Waals surface area contributed by atoms with Gasteiger partial charge in [-0.25, -0.2) is 0 Å². The molecule has 0 aliphatic heterocycles. The Labute approximate surface area is 147 Å². The minimum absolute atomic E-state index is 0.195. The number of benzene rings is 2. The summed E-state index contributed by atoms with van der Waals surface area (Å²) in [6.45, 7) is 1.78. The van der Waals surface area contributed by atoms with Crippen LogP contribution in [0.5, 0.6) is 0 Å². The zero-order valence-corrected chi connectivity index (χ0v) is 15.2. The average Bonchev–Trinajstić information content (AvgIpc) is 2.62. The fourth-order valence-electron chi connectivity index (χ4n) is 2.52. The minimum Gasteiger partial charge on any atom is -0.400 e. The second kappa shape index (κ2) is 12.3. The zero-order valence-electron chi connectivity index (χ0n) is 13.6. The summed E-state index contributed by atoms with van der Waals surface area (Å²) in [5, 5.41) is 19.1. The van der Waals surface area contributed by atoms with Gasteiger partial charge in [-0.15, -0.1) is 0 Å². The van der Waals surface area contributed by atoms with Crippen molar-refractivity contribution in [1.82, 2.24) is 5.32 Å². The van der Waals surface area contributed by atoms with Crippen LogP contribution in [0.2, 0.25) is 0 Å². The van der Waals surface area contributed by atoms with E-state index in [1.54, 1.807) is 0 Å². The van der Waals surface area contributed by atoms with Gasteiger partial charge in [0.15, 0.2) is 0 Å². The first-order chi connectivity index (χ1) is 11.3. The van der Waals surface area contributed by atoms with Crippen LogP contribution >= 0.6 is 15.9 Å². The lowest BCUT2D eigenvalue weighted by molar-refractivity contribution is 0.291. The van der Waals surface area contributed by atoms with Crippen molar-refractivity contribution in [1.29, 1.82) is 0 Å². The molecular formula is C19H26BrNO2. The van der Waals surface area contributed by atoms with E-state index in [4.69, 9.17) is 10.2 Å². The molecule has 0 aliphatic rings. The Hall–Kier alpha value is -1.20. The highest BCUT2D eigenvalue weighted by atomic mass is 79.9. The molecule has 2 aromatic rings. The van der Waals surface area contributed by atoms with Crippen LogP contribution in [-0.2, 0) is 6.42 Å². The van der Waals surface area contributed by atoms with Crippen LogP contribution in [0, 0.1) is 0 Å². The second-order valence-corrected chi connectivity index (χ2v) is 6.02. The van der Waals surface area contributed by atoms with Crippen LogP contribution < -0.4 is 5.32 Å². The summed E-state index contributed by atoms with van der Waals surface area (Å²) >= 11 is 3.64. The fourth-order valence-corrected chi connectivity index (χ4v) is 2.97. The Morgan fingerprint density at radius 1 is 0.957 bits per heavy atom. The Kier molecular flexibility index (Phi) is 10.6. The lowest BCUT2D eigenvalue weighted by Crippen LogP contribution is -2.21. The molecule has 0 fully saturated rings. The summed E-state index contributed by atoms with van der Waals surface area (Å²) in [5.74, 6) is 0.482. The number of hydrogen-bond donors (Lipinski definition) is 3. The van der Waals surface area contributed by atoms with E-state index in [0.29, 0.717) is 12.5 Å². The molecule has 0 spiro atoms. The number of nitrogens with one attached hydrogen (secondary N) is 1. The number of aliphatic hydroxyl groups is 2. The van der Waals surface area contributed by atoms with Crippen molar-refractivity contribution >= 4 is 15.9 Å². The van der Waals surface area contributed by atoms with Crippen LogP contribution in [0.3, 0.4) is 0 Å². The predicted octanol–water partition coefficient (Wildman–Crippen LogP) is 3.36. The lowest BCUT2D eigenvalue weighted by atomic mass is 9.89. The van der Waals surface area contributed by atoms with E-state index in [0.717, 1.165) is 26.5 Å². The molecule has 1 atom stereocenters. The monoisotopic (exact) mass is 379 g/mol. The molecule has 0 bridgehead atoms. The summed E-state index contributed by atoms with van der Waals surface area (Å²) in [4.78, 5) is 0. The standard InChI is InChI=1S/C18H22BrNO.CH4O/c19-18-9-5-4-8-17(18)14-16(10-11-20-12-13-21)15-6-2-1-3-7-15;1-2/h1-9,16,20-21H,10-14H2;2H,1H3/t16-;/m0./s1. The first-order valence-electron chi connectivity index (χ1n) is 7.86. The third-order valence-corrected chi connectivity index (χ3v) is 4.43. The molecule has 0 heterocycles. The van der Waals surface area contributed by atoms with Crippen LogP contribution in [0.15, 0.2) is 59.1 Å². The maximum atomic E-state index is 8.85. The topological polar surface area (TPSA) is 52.5 Å². The van der Waals surface area contributed by atoms with Gasteiger partial charge in [0, 0.05) is 18.1 Å². The molecule has 2 rings (SSSR count). The average molecular weight is 380 g/mol. The van der Waals surface area contributed by atoms with Gasteiger partial charge in [0.05, 0.1) is 6.61 Å². The van der Waals surface area contributed by atoms with Gasteiger partial charge >= 0.3 is 0 Å². The highest BCUT2D eigenvalue weighted by Crippen LogP contribution is 2.27. The third-order valence-electron chi connectivity index (χ3n) is 3.65. The van der Waals surface area contributed by atoms with Gasteiger partial charge in [-0.05, 0) is 42.5 Å². The van der Waals surface area contributed by atoms with Crippen molar-refractivity contribution in [3.63, 3.8) is 0 Å². The van der Waals surface area contributed by atoms with Crippen LogP contribution in [-0.4, -0.2) is 37.0 Å². The molecule has 23 heavy (non-hydrogen) atoms. The Morgan fingerprint density at radius 2 is 1.61 bits per heavy atom. The quantitative estimate of drug-likeness (QED) is 0.616. The molecular weight excluding hydrogens is 354 g/mol. The second-order valence-electron chi connectivity index (χ2n) is 5.17. The number of rotatable bonds is 8. The molecule has 0 unspecified atom stereocenters. The van der Waals surface area contributed by atoms with E-state index >= 15 is 0 Å². The van der Waals surface area contributed by atoms with E-state index in [-0.39, 0.29) is 6.61 Å². The minimum atomic E-state index is 0.195. The summed E-state index contributed by atoms with van der Waals surface area (Å²) in [7, 11) is 1.00. The summed E-state index contributed by atoms with van der Waals surface area (Å²) < 4.78 is 1.18. The first-order valence-corrected chi connectivity index (χ1v) is 8.65. The van der Waals surface area contributed by atoms with Gasteiger partial charge in [0.2, 0.25) is 0 Å². The molecule has 0 radical (unpaired) electrons. The lowest BCUT2D eigenvalue weighted by Gasteiger charge is -2.18. The maximum absolute atomic E-state index is 8.85. The van der Waals surface area contributed by atoms with Crippen molar-refractivity contribution in [2.75, 3.05) is 26.8 Å². The van der Waals surface area contributed by atoms with Crippen molar-refractivity contribution in [3.8, 4) is 0 Å². The SMILES string of the molecule is CO.OCCNCC[C@@H](Cc1ccccc1Br)c1ccccc1. The fraction of sp³-hybridized carbons (Fsp3) is 0.368. The van der Waals surface area contributed by atoms with Crippen LogP contribution in [0.1, 0.15) is 23.5 Å². The molecule has 0 aliphatic carbocycles. The van der Waals surface area contributed by atoms with Gasteiger partial charge in [-0.1, -0.05) is 64.5 Å². The van der Waals surface area contributed by atoms with Crippen molar-refractivity contribution in [2.45, 2.75) is 18.8 Å². The van der Waals surface area contributed by atoms with E-state index in [1.165, 1.54) is 15.6 Å². The molecule has 2 aromatic carbocycles. The summed E-state index contributed by atoms with van der Waals surface area (Å²) in [6, 6.07) is 19.1. The Morgan fingerprint density at radius 3 is 2.26 bits per heavy atom.